The summed E-state index contributed by atoms with van der Waals surface area (Å²) in [6, 6.07) is 4.08. The van der Waals surface area contributed by atoms with Crippen LogP contribution in [0.15, 0.2) is 18.2 Å². The van der Waals surface area contributed by atoms with E-state index in [1.165, 1.54) is 0 Å². The van der Waals surface area contributed by atoms with Crippen molar-refractivity contribution < 1.29 is 24.3 Å². The van der Waals surface area contributed by atoms with Crippen LogP contribution in [0.5, 0.6) is 0 Å². The summed E-state index contributed by atoms with van der Waals surface area (Å²) in [5, 5.41) is 18.4. The third kappa shape index (κ3) is 3.32. The first-order chi connectivity index (χ1) is 13.5. The Bertz CT molecular complexity index is 855. The van der Waals surface area contributed by atoms with Crippen molar-refractivity contribution in [2.45, 2.75) is 31.5 Å². The Hall–Kier alpha value is -2.62. The molecule has 1 aromatic rings. The first-order valence-corrected chi connectivity index (χ1v) is 9.39. The fourth-order valence-corrected chi connectivity index (χ4v) is 3.96. The molecule has 28 heavy (non-hydrogen) atoms. The number of aliphatic hydroxyl groups is 1. The molecule has 4 amide bonds. The van der Waals surface area contributed by atoms with Gasteiger partial charge in [-0.05, 0) is 24.1 Å². The maximum absolute atomic E-state index is 12.8. The smallest absolute Gasteiger partial charge is 0.262 e. The third-order valence-electron chi connectivity index (χ3n) is 5.54. The normalized spacial score (nSPS) is 27.3. The lowest BCUT2D eigenvalue weighted by molar-refractivity contribution is -0.136. The molecular weight excluding hydrogens is 364 g/mol. The molecule has 0 radical (unpaired) electrons. The molecule has 0 aromatic heterocycles. The second-order valence-electron chi connectivity index (χ2n) is 7.44. The molecule has 3 unspecified atom stereocenters. The second-order valence-corrected chi connectivity index (χ2v) is 7.44. The summed E-state index contributed by atoms with van der Waals surface area (Å²) in [4.78, 5) is 49.8. The van der Waals surface area contributed by atoms with E-state index in [1.54, 1.807) is 18.2 Å². The summed E-state index contributed by atoms with van der Waals surface area (Å²) >= 11 is 0. The van der Waals surface area contributed by atoms with Gasteiger partial charge in [-0.3, -0.25) is 29.4 Å². The van der Waals surface area contributed by atoms with Crippen LogP contribution in [0.2, 0.25) is 0 Å². The van der Waals surface area contributed by atoms with Gasteiger partial charge in [-0.2, -0.15) is 0 Å². The van der Waals surface area contributed by atoms with Gasteiger partial charge in [0, 0.05) is 38.5 Å². The van der Waals surface area contributed by atoms with E-state index in [-0.39, 0.29) is 36.0 Å². The van der Waals surface area contributed by atoms with Crippen molar-refractivity contribution in [2.75, 3.05) is 19.6 Å². The molecule has 9 nitrogen and oxygen atoms in total. The number of benzene rings is 1. The van der Waals surface area contributed by atoms with E-state index in [9.17, 15) is 24.3 Å². The minimum absolute atomic E-state index is 0.0981. The minimum atomic E-state index is -0.956. The van der Waals surface area contributed by atoms with Crippen molar-refractivity contribution in [2.24, 2.45) is 5.92 Å². The molecule has 0 saturated carbocycles. The van der Waals surface area contributed by atoms with Crippen LogP contribution in [0, 0.1) is 5.92 Å². The van der Waals surface area contributed by atoms with Gasteiger partial charge in [0.15, 0.2) is 0 Å². The standard InChI is InChI=1S/C19H22N4O5/c24-15-9-21-8-11(15)7-20-6-10-1-2-12-13(5-10)19(28)23(18(12)27)14-3-4-16(25)22-17(14)26/h1-2,5,11,14-15,20-21,24H,3-4,6-9H2,(H,22,25,26). The predicted molar refractivity (Wildman–Crippen MR) is 97.2 cm³/mol. The van der Waals surface area contributed by atoms with E-state index in [0.717, 1.165) is 17.0 Å². The number of imide groups is 2. The second kappa shape index (κ2) is 7.42. The Balaban J connectivity index is 1.45. The van der Waals surface area contributed by atoms with E-state index >= 15 is 0 Å². The maximum Gasteiger partial charge on any atom is 0.262 e. The highest BCUT2D eigenvalue weighted by Gasteiger charge is 2.44. The van der Waals surface area contributed by atoms with Crippen molar-refractivity contribution in [3.63, 3.8) is 0 Å². The number of carbonyl (C=O) groups excluding carboxylic acids is 4. The number of amides is 4. The van der Waals surface area contributed by atoms with Gasteiger partial charge in [-0.15, -0.1) is 0 Å². The van der Waals surface area contributed by atoms with Crippen LogP contribution in [0.4, 0.5) is 0 Å². The molecule has 9 heteroatoms. The van der Waals surface area contributed by atoms with Gasteiger partial charge in [-0.1, -0.05) is 6.07 Å². The number of carbonyl (C=O) groups is 4. The molecule has 3 heterocycles. The Morgan fingerprint density at radius 1 is 1.11 bits per heavy atom. The molecule has 3 aliphatic rings. The van der Waals surface area contributed by atoms with Gasteiger partial charge in [0.1, 0.15) is 6.04 Å². The minimum Gasteiger partial charge on any atom is -0.391 e. The van der Waals surface area contributed by atoms with Gasteiger partial charge in [0.2, 0.25) is 11.8 Å². The number of hydrogen-bond donors (Lipinski definition) is 4. The zero-order valence-corrected chi connectivity index (χ0v) is 15.2. The van der Waals surface area contributed by atoms with Crippen LogP contribution in [0.1, 0.15) is 39.1 Å². The SMILES string of the molecule is O=C1CCC(N2C(=O)c3ccc(CNCC4CNCC4O)cc3C2=O)C(=O)N1. The maximum atomic E-state index is 12.8. The van der Waals surface area contributed by atoms with Crippen molar-refractivity contribution in [3.8, 4) is 0 Å². The van der Waals surface area contributed by atoms with Gasteiger partial charge in [0.25, 0.3) is 11.8 Å². The average Bonchev–Trinajstić information content (AvgIpc) is 3.17. The molecule has 3 aliphatic heterocycles. The lowest BCUT2D eigenvalue weighted by Crippen LogP contribution is -2.54. The van der Waals surface area contributed by atoms with Crippen molar-refractivity contribution in [1.82, 2.24) is 20.9 Å². The molecule has 2 fully saturated rings. The summed E-state index contributed by atoms with van der Waals surface area (Å²) in [7, 11) is 0. The molecule has 3 atom stereocenters. The lowest BCUT2D eigenvalue weighted by atomic mass is 10.0. The monoisotopic (exact) mass is 386 g/mol. The summed E-state index contributed by atoms with van der Waals surface area (Å²) in [5.41, 5.74) is 1.39. The predicted octanol–water partition coefficient (Wildman–Crippen LogP) is -1.24. The number of rotatable bonds is 5. The molecule has 2 saturated heterocycles. The van der Waals surface area contributed by atoms with Gasteiger partial charge in [-0.25, -0.2) is 0 Å². The average molecular weight is 386 g/mol. The molecular formula is C19H22N4O5. The fraction of sp³-hybridized carbons (Fsp3) is 0.474. The molecule has 4 N–H and O–H groups in total. The molecule has 148 valence electrons. The summed E-state index contributed by atoms with van der Waals surface area (Å²) < 4.78 is 0. The molecule has 0 aliphatic carbocycles. The number of fused-ring (bicyclic) bond motifs is 1. The van der Waals surface area contributed by atoms with Crippen LogP contribution in [0.3, 0.4) is 0 Å². The van der Waals surface area contributed by atoms with E-state index in [1.807, 2.05) is 0 Å². The number of hydrogen-bond acceptors (Lipinski definition) is 7. The zero-order chi connectivity index (χ0) is 19.8. The van der Waals surface area contributed by atoms with E-state index in [2.05, 4.69) is 16.0 Å². The topological polar surface area (TPSA) is 128 Å². The number of β-amino-alcohol motifs (C(OH)–C–C–N with tert-alkyl or cyclic N) is 1. The highest BCUT2D eigenvalue weighted by Crippen LogP contribution is 2.28. The molecule has 1 aromatic carbocycles. The first-order valence-electron chi connectivity index (χ1n) is 9.39. The Kier molecular flexibility index (Phi) is 4.96. The quantitative estimate of drug-likeness (QED) is 0.466. The van der Waals surface area contributed by atoms with E-state index in [0.29, 0.717) is 19.6 Å². The van der Waals surface area contributed by atoms with Gasteiger partial charge >= 0.3 is 0 Å². The zero-order valence-electron chi connectivity index (χ0n) is 15.2. The Morgan fingerprint density at radius 2 is 1.89 bits per heavy atom. The number of nitrogens with one attached hydrogen (secondary N) is 3. The van der Waals surface area contributed by atoms with Crippen molar-refractivity contribution >= 4 is 23.6 Å². The Labute approximate surface area is 161 Å². The van der Waals surface area contributed by atoms with Gasteiger partial charge < -0.3 is 15.7 Å². The van der Waals surface area contributed by atoms with Crippen LogP contribution in [-0.2, 0) is 16.1 Å². The van der Waals surface area contributed by atoms with Crippen LogP contribution in [-0.4, -0.2) is 65.4 Å². The lowest BCUT2D eigenvalue weighted by Gasteiger charge is -2.27. The molecule has 0 bridgehead atoms. The number of aliphatic hydroxyl groups excluding tert-OH is 1. The van der Waals surface area contributed by atoms with E-state index in [4.69, 9.17) is 0 Å². The highest BCUT2D eigenvalue weighted by molar-refractivity contribution is 6.23. The van der Waals surface area contributed by atoms with Crippen LogP contribution in [0.25, 0.3) is 0 Å². The van der Waals surface area contributed by atoms with Crippen molar-refractivity contribution in [3.05, 3.63) is 34.9 Å². The highest BCUT2D eigenvalue weighted by atomic mass is 16.3. The van der Waals surface area contributed by atoms with Crippen LogP contribution >= 0.6 is 0 Å². The third-order valence-corrected chi connectivity index (χ3v) is 5.54. The summed E-state index contributed by atoms with van der Waals surface area (Å²) in [5.74, 6) is -1.88. The van der Waals surface area contributed by atoms with Gasteiger partial charge in [0.05, 0.1) is 17.2 Å². The largest absolute Gasteiger partial charge is 0.391 e. The summed E-state index contributed by atoms with van der Waals surface area (Å²) in [6.07, 6.45) is -0.128. The molecule has 4 rings (SSSR count). The number of nitrogens with zero attached hydrogens (tertiary/aromatic N) is 1. The van der Waals surface area contributed by atoms with E-state index < -0.39 is 29.7 Å². The van der Waals surface area contributed by atoms with Crippen molar-refractivity contribution in [1.29, 1.82) is 0 Å². The Morgan fingerprint density at radius 3 is 2.61 bits per heavy atom. The van der Waals surface area contributed by atoms with Crippen LogP contribution < -0.4 is 16.0 Å². The number of piperidine rings is 1. The molecule has 0 spiro atoms. The fourth-order valence-electron chi connectivity index (χ4n) is 3.96. The summed E-state index contributed by atoms with van der Waals surface area (Å²) in [6.45, 7) is 2.49. The first kappa shape index (κ1) is 18.7.